The molecule has 1 aromatic rings. The Labute approximate surface area is 126 Å². The summed E-state index contributed by atoms with van der Waals surface area (Å²) in [6, 6.07) is 10.1. The topological polar surface area (TPSA) is 58.4 Å². The van der Waals surface area contributed by atoms with E-state index < -0.39 is 0 Å². The number of rotatable bonds is 7. The smallest absolute Gasteiger partial charge is 0.234 e. The molecule has 0 spiro atoms. The van der Waals surface area contributed by atoms with Crippen LogP contribution in [0, 0.1) is 0 Å². The fraction of sp³-hybridized carbons (Fsp3) is 0.467. The summed E-state index contributed by atoms with van der Waals surface area (Å²) in [4.78, 5) is 14.3. The third-order valence-corrected chi connectivity index (χ3v) is 3.12. The Balaban J connectivity index is 2.78. The summed E-state index contributed by atoms with van der Waals surface area (Å²) in [5.74, 6) is 0.00590. The number of benzene rings is 1. The van der Waals surface area contributed by atoms with Gasteiger partial charge >= 0.3 is 0 Å². The molecule has 110 valence electrons. The molecule has 1 aromatic carbocycles. The van der Waals surface area contributed by atoms with E-state index >= 15 is 0 Å². The van der Waals surface area contributed by atoms with E-state index in [9.17, 15) is 4.79 Å². The fourth-order valence-corrected chi connectivity index (χ4v) is 2.26. The van der Waals surface area contributed by atoms with Crippen molar-refractivity contribution in [3.8, 4) is 0 Å². The number of carbonyl (C=O) groups excluding carboxylic acids is 1. The lowest BCUT2D eigenvalue weighted by Crippen LogP contribution is -2.40. The molecule has 0 radical (unpaired) electrons. The zero-order valence-electron chi connectivity index (χ0n) is 12.3. The van der Waals surface area contributed by atoms with Crippen LogP contribution in [0.1, 0.15) is 31.9 Å². The first-order valence-electron chi connectivity index (χ1n) is 6.73. The highest BCUT2D eigenvalue weighted by atomic mass is 32.1. The maximum absolute atomic E-state index is 11.9. The van der Waals surface area contributed by atoms with E-state index in [-0.39, 0.29) is 18.0 Å². The third-order valence-electron chi connectivity index (χ3n) is 2.95. The zero-order chi connectivity index (χ0) is 15.1. The highest BCUT2D eigenvalue weighted by Crippen LogP contribution is 2.22. The first-order valence-corrected chi connectivity index (χ1v) is 7.13. The minimum absolute atomic E-state index is 0.00590. The maximum Gasteiger partial charge on any atom is 0.234 e. The second kappa shape index (κ2) is 7.97. The van der Waals surface area contributed by atoms with Gasteiger partial charge in [0.1, 0.15) is 0 Å². The molecule has 4 nitrogen and oxygen atoms in total. The fourth-order valence-electron chi connectivity index (χ4n) is 2.10. The molecule has 0 aliphatic rings. The largest absolute Gasteiger partial charge is 0.393 e. The number of amides is 1. The van der Waals surface area contributed by atoms with Crippen molar-refractivity contribution >= 4 is 23.1 Å². The highest BCUT2D eigenvalue weighted by Gasteiger charge is 2.20. The second-order valence-corrected chi connectivity index (χ2v) is 5.76. The quantitative estimate of drug-likeness (QED) is 0.753. The van der Waals surface area contributed by atoms with Gasteiger partial charge in [0, 0.05) is 18.5 Å². The summed E-state index contributed by atoms with van der Waals surface area (Å²) < 4.78 is 0. The molecular weight excluding hydrogens is 270 g/mol. The van der Waals surface area contributed by atoms with Gasteiger partial charge in [0.15, 0.2) is 0 Å². The van der Waals surface area contributed by atoms with Crippen molar-refractivity contribution in [3.63, 3.8) is 0 Å². The summed E-state index contributed by atoms with van der Waals surface area (Å²) in [7, 11) is 1.91. The van der Waals surface area contributed by atoms with Crippen molar-refractivity contribution in [2.24, 2.45) is 5.73 Å². The van der Waals surface area contributed by atoms with Gasteiger partial charge in [0.2, 0.25) is 5.91 Å². The van der Waals surface area contributed by atoms with Gasteiger partial charge in [-0.15, -0.1) is 0 Å². The molecule has 0 heterocycles. The first-order chi connectivity index (χ1) is 9.40. The average molecular weight is 293 g/mol. The van der Waals surface area contributed by atoms with E-state index in [1.54, 1.807) is 0 Å². The Kier molecular flexibility index (Phi) is 6.61. The summed E-state index contributed by atoms with van der Waals surface area (Å²) in [5, 5.41) is 2.89. The summed E-state index contributed by atoms with van der Waals surface area (Å²) in [6.45, 7) is 4.21. The van der Waals surface area contributed by atoms with E-state index in [1.165, 1.54) is 0 Å². The molecule has 0 saturated carbocycles. The van der Waals surface area contributed by atoms with Crippen LogP contribution in [0.25, 0.3) is 0 Å². The van der Waals surface area contributed by atoms with E-state index in [1.807, 2.05) is 56.1 Å². The number of nitrogens with zero attached hydrogens (tertiary/aromatic N) is 1. The van der Waals surface area contributed by atoms with Gasteiger partial charge in [0.05, 0.1) is 11.5 Å². The third kappa shape index (κ3) is 5.67. The number of carbonyl (C=O) groups is 1. The van der Waals surface area contributed by atoms with E-state index in [4.69, 9.17) is 18.0 Å². The molecule has 0 saturated heterocycles. The maximum atomic E-state index is 11.9. The van der Waals surface area contributed by atoms with Crippen molar-refractivity contribution in [1.29, 1.82) is 0 Å². The number of nitrogens with two attached hydrogens (primary N) is 1. The minimum atomic E-state index is 0.00590. The van der Waals surface area contributed by atoms with Crippen molar-refractivity contribution < 1.29 is 4.79 Å². The molecular formula is C15H23N3OS. The predicted molar refractivity (Wildman–Crippen MR) is 86.5 cm³/mol. The average Bonchev–Trinajstić information content (AvgIpc) is 2.35. The van der Waals surface area contributed by atoms with Crippen molar-refractivity contribution in [3.05, 3.63) is 35.9 Å². The minimum Gasteiger partial charge on any atom is -0.393 e. The Bertz CT molecular complexity index is 448. The van der Waals surface area contributed by atoms with Gasteiger partial charge in [-0.3, -0.25) is 9.69 Å². The molecule has 5 heteroatoms. The van der Waals surface area contributed by atoms with Crippen molar-refractivity contribution in [2.45, 2.75) is 32.4 Å². The molecule has 1 unspecified atom stereocenters. The van der Waals surface area contributed by atoms with Gasteiger partial charge in [-0.25, -0.2) is 0 Å². The molecule has 0 bridgehead atoms. The van der Waals surface area contributed by atoms with Crippen LogP contribution in [0.3, 0.4) is 0 Å². The van der Waals surface area contributed by atoms with Crippen LogP contribution in [0.2, 0.25) is 0 Å². The molecule has 1 rings (SSSR count). The molecule has 1 atom stereocenters. The number of likely N-dealkylation sites (N-methyl/N-ethyl adjacent to an activating group) is 1. The Morgan fingerprint density at radius 1 is 1.35 bits per heavy atom. The van der Waals surface area contributed by atoms with Gasteiger partial charge in [-0.05, 0) is 26.5 Å². The first kappa shape index (κ1) is 16.6. The second-order valence-electron chi connectivity index (χ2n) is 5.23. The van der Waals surface area contributed by atoms with Gasteiger partial charge < -0.3 is 11.1 Å². The number of nitrogens with one attached hydrogen (secondary N) is 1. The summed E-state index contributed by atoms with van der Waals surface area (Å²) in [6.07, 6.45) is 0.560. The molecule has 0 aliphatic carbocycles. The standard InChI is InChI=1S/C15H23N3OS/c1-11(2)17-15(19)10-18(3)13(9-14(16)20)12-7-5-4-6-8-12/h4-8,11,13H,9-10H2,1-3H3,(H2,16,20)(H,17,19). The van der Waals surface area contributed by atoms with Crippen LogP contribution in [0.5, 0.6) is 0 Å². The van der Waals surface area contributed by atoms with Gasteiger partial charge in [-0.1, -0.05) is 42.5 Å². The van der Waals surface area contributed by atoms with Crippen LogP contribution in [0.4, 0.5) is 0 Å². The van der Waals surface area contributed by atoms with E-state index in [0.29, 0.717) is 18.0 Å². The molecule has 0 aliphatic heterocycles. The normalized spacial score (nSPS) is 12.4. The lowest BCUT2D eigenvalue weighted by molar-refractivity contribution is -0.122. The molecule has 0 aromatic heterocycles. The monoisotopic (exact) mass is 293 g/mol. The highest BCUT2D eigenvalue weighted by molar-refractivity contribution is 7.80. The van der Waals surface area contributed by atoms with E-state index in [2.05, 4.69) is 5.32 Å². The zero-order valence-corrected chi connectivity index (χ0v) is 13.1. The molecule has 1 amide bonds. The van der Waals surface area contributed by atoms with Gasteiger partial charge in [-0.2, -0.15) is 0 Å². The molecule has 20 heavy (non-hydrogen) atoms. The van der Waals surface area contributed by atoms with Crippen LogP contribution < -0.4 is 11.1 Å². The predicted octanol–water partition coefficient (Wildman–Crippen LogP) is 1.86. The van der Waals surface area contributed by atoms with E-state index in [0.717, 1.165) is 5.56 Å². The summed E-state index contributed by atoms with van der Waals surface area (Å²) >= 11 is 5.03. The lowest BCUT2D eigenvalue weighted by atomic mass is 10.0. The van der Waals surface area contributed by atoms with Crippen molar-refractivity contribution in [1.82, 2.24) is 10.2 Å². The Morgan fingerprint density at radius 3 is 2.45 bits per heavy atom. The van der Waals surface area contributed by atoms with Crippen LogP contribution in [-0.4, -0.2) is 35.4 Å². The Hall–Kier alpha value is -1.46. The number of thiocarbonyl (C=S) groups is 1. The number of hydrogen-bond donors (Lipinski definition) is 2. The summed E-state index contributed by atoms with van der Waals surface area (Å²) in [5.41, 5.74) is 6.80. The SMILES string of the molecule is CC(C)NC(=O)CN(C)C(CC(N)=S)c1ccccc1. The molecule has 0 fully saturated rings. The van der Waals surface area contributed by atoms with Gasteiger partial charge in [0.25, 0.3) is 0 Å². The van der Waals surface area contributed by atoms with Crippen LogP contribution in [0.15, 0.2) is 30.3 Å². The van der Waals surface area contributed by atoms with Crippen LogP contribution in [-0.2, 0) is 4.79 Å². The molecule has 3 N–H and O–H groups in total. The van der Waals surface area contributed by atoms with Crippen molar-refractivity contribution in [2.75, 3.05) is 13.6 Å². The number of hydrogen-bond acceptors (Lipinski definition) is 3. The van der Waals surface area contributed by atoms with Crippen LogP contribution >= 0.6 is 12.2 Å². The Morgan fingerprint density at radius 2 is 1.95 bits per heavy atom. The lowest BCUT2D eigenvalue weighted by Gasteiger charge is -2.28.